The molecule has 0 aromatic heterocycles. The third kappa shape index (κ3) is 6.50. The smallest absolute Gasteiger partial charge is 0.326 e. The van der Waals surface area contributed by atoms with Crippen LogP contribution in [0.25, 0.3) is 0 Å². The number of esters is 1. The van der Waals surface area contributed by atoms with Crippen LogP contribution in [-0.4, -0.2) is 36.5 Å². The third-order valence-electron chi connectivity index (χ3n) is 4.75. The van der Waals surface area contributed by atoms with Gasteiger partial charge < -0.3 is 15.4 Å². The van der Waals surface area contributed by atoms with Gasteiger partial charge in [-0.3, -0.25) is 14.4 Å². The Morgan fingerprint density at radius 1 is 1.15 bits per heavy atom. The van der Waals surface area contributed by atoms with E-state index in [1.54, 1.807) is 6.92 Å². The Balaban J connectivity index is 1.69. The average Bonchev–Trinajstić information content (AvgIpc) is 2.62. The zero-order chi connectivity index (χ0) is 18.9. The van der Waals surface area contributed by atoms with Crippen LogP contribution in [0.5, 0.6) is 0 Å². The minimum Gasteiger partial charge on any atom is -0.451 e. The first kappa shape index (κ1) is 19.9. The van der Waals surface area contributed by atoms with E-state index in [1.807, 2.05) is 30.3 Å². The molecule has 0 aliphatic heterocycles. The van der Waals surface area contributed by atoms with Gasteiger partial charge in [0.15, 0.2) is 6.10 Å². The Hall–Kier alpha value is -2.37. The van der Waals surface area contributed by atoms with Gasteiger partial charge in [-0.15, -0.1) is 0 Å². The molecule has 3 atom stereocenters. The summed E-state index contributed by atoms with van der Waals surface area (Å²) < 4.78 is 5.12. The van der Waals surface area contributed by atoms with E-state index in [2.05, 4.69) is 17.6 Å². The Labute approximate surface area is 154 Å². The first-order chi connectivity index (χ1) is 12.5. The molecule has 6 nitrogen and oxygen atoms in total. The average molecular weight is 360 g/mol. The molecule has 142 valence electrons. The van der Waals surface area contributed by atoms with Crippen LogP contribution in [-0.2, 0) is 25.5 Å². The first-order valence-electron chi connectivity index (χ1n) is 9.26. The van der Waals surface area contributed by atoms with Crippen molar-refractivity contribution in [2.24, 2.45) is 5.92 Å². The van der Waals surface area contributed by atoms with Crippen molar-refractivity contribution < 1.29 is 19.1 Å². The monoisotopic (exact) mass is 360 g/mol. The standard InChI is InChI=1S/C20H28N2O4/c1-14-8-6-7-11-17(14)22-20(25)15(2)26-19(24)13-21-18(23)12-16-9-4-3-5-10-16/h3-5,9-10,14-15,17H,6-8,11-13H2,1-2H3,(H,21,23)(H,22,25). The SMILES string of the molecule is CC(OC(=O)CNC(=O)Cc1ccccc1)C(=O)NC1CCCCC1C. The van der Waals surface area contributed by atoms with Gasteiger partial charge in [0, 0.05) is 6.04 Å². The van der Waals surface area contributed by atoms with Gasteiger partial charge >= 0.3 is 5.97 Å². The lowest BCUT2D eigenvalue weighted by Gasteiger charge is -2.30. The summed E-state index contributed by atoms with van der Waals surface area (Å²) in [6.07, 6.45) is 3.69. The van der Waals surface area contributed by atoms with E-state index in [4.69, 9.17) is 4.74 Å². The second-order valence-corrected chi connectivity index (χ2v) is 6.95. The Kier molecular flexibility index (Phi) is 7.63. The van der Waals surface area contributed by atoms with E-state index in [-0.39, 0.29) is 30.8 Å². The van der Waals surface area contributed by atoms with Crippen LogP contribution < -0.4 is 10.6 Å². The molecule has 0 radical (unpaired) electrons. The van der Waals surface area contributed by atoms with Gasteiger partial charge in [-0.25, -0.2) is 0 Å². The fourth-order valence-corrected chi connectivity index (χ4v) is 3.14. The molecule has 3 unspecified atom stereocenters. The predicted molar refractivity (Wildman–Crippen MR) is 98.3 cm³/mol. The maximum absolute atomic E-state index is 12.2. The highest BCUT2D eigenvalue weighted by atomic mass is 16.5. The molecule has 0 heterocycles. The maximum atomic E-state index is 12.2. The molecule has 1 aliphatic carbocycles. The van der Waals surface area contributed by atoms with Gasteiger partial charge in [0.2, 0.25) is 5.91 Å². The molecular formula is C20H28N2O4. The van der Waals surface area contributed by atoms with E-state index in [9.17, 15) is 14.4 Å². The number of amides is 2. The van der Waals surface area contributed by atoms with Gasteiger partial charge in [-0.1, -0.05) is 50.1 Å². The summed E-state index contributed by atoms with van der Waals surface area (Å²) in [7, 11) is 0. The van der Waals surface area contributed by atoms with Crippen molar-refractivity contribution in [3.05, 3.63) is 35.9 Å². The minimum absolute atomic E-state index is 0.142. The van der Waals surface area contributed by atoms with Gasteiger partial charge in [0.05, 0.1) is 6.42 Å². The van der Waals surface area contributed by atoms with Crippen LogP contribution in [0.1, 0.15) is 45.1 Å². The van der Waals surface area contributed by atoms with Crippen molar-refractivity contribution in [2.75, 3.05) is 6.54 Å². The second-order valence-electron chi connectivity index (χ2n) is 6.95. The Morgan fingerprint density at radius 3 is 2.54 bits per heavy atom. The van der Waals surface area contributed by atoms with E-state index < -0.39 is 12.1 Å². The van der Waals surface area contributed by atoms with Crippen molar-refractivity contribution in [1.82, 2.24) is 10.6 Å². The summed E-state index contributed by atoms with van der Waals surface area (Å²) in [5.41, 5.74) is 0.868. The molecule has 1 fully saturated rings. The lowest BCUT2D eigenvalue weighted by Crippen LogP contribution is -2.46. The normalized spacial score (nSPS) is 20.7. The molecule has 1 aromatic carbocycles. The van der Waals surface area contributed by atoms with E-state index in [1.165, 1.54) is 6.42 Å². The van der Waals surface area contributed by atoms with Crippen molar-refractivity contribution in [3.8, 4) is 0 Å². The fraction of sp³-hybridized carbons (Fsp3) is 0.550. The number of ether oxygens (including phenoxy) is 1. The summed E-state index contributed by atoms with van der Waals surface area (Å²) in [5.74, 6) is -0.729. The molecule has 26 heavy (non-hydrogen) atoms. The number of nitrogens with one attached hydrogen (secondary N) is 2. The highest BCUT2D eigenvalue weighted by Crippen LogP contribution is 2.23. The number of hydrogen-bond donors (Lipinski definition) is 2. The third-order valence-corrected chi connectivity index (χ3v) is 4.75. The Morgan fingerprint density at radius 2 is 1.85 bits per heavy atom. The molecule has 2 rings (SSSR count). The van der Waals surface area contributed by atoms with Crippen LogP contribution in [0.2, 0.25) is 0 Å². The lowest BCUT2D eigenvalue weighted by atomic mass is 9.86. The molecule has 2 amide bonds. The molecule has 6 heteroatoms. The van der Waals surface area contributed by atoms with Crippen LogP contribution in [0.3, 0.4) is 0 Å². The molecule has 0 spiro atoms. The molecule has 0 saturated heterocycles. The van der Waals surface area contributed by atoms with Crippen molar-refractivity contribution in [1.29, 1.82) is 0 Å². The second kappa shape index (κ2) is 9.94. The van der Waals surface area contributed by atoms with E-state index in [0.717, 1.165) is 24.8 Å². The summed E-state index contributed by atoms with van der Waals surface area (Å²) in [6, 6.07) is 9.41. The van der Waals surface area contributed by atoms with E-state index >= 15 is 0 Å². The molecular weight excluding hydrogens is 332 g/mol. The van der Waals surface area contributed by atoms with Gasteiger partial charge in [0.1, 0.15) is 6.54 Å². The summed E-state index contributed by atoms with van der Waals surface area (Å²) in [6.45, 7) is 3.43. The van der Waals surface area contributed by atoms with Crippen molar-refractivity contribution in [3.63, 3.8) is 0 Å². The first-order valence-corrected chi connectivity index (χ1v) is 9.26. The summed E-state index contributed by atoms with van der Waals surface area (Å²) >= 11 is 0. The van der Waals surface area contributed by atoms with Gasteiger partial charge in [-0.2, -0.15) is 0 Å². The molecule has 2 N–H and O–H groups in total. The predicted octanol–water partition coefficient (Wildman–Crippen LogP) is 1.97. The van der Waals surface area contributed by atoms with E-state index in [0.29, 0.717) is 5.92 Å². The number of rotatable bonds is 7. The quantitative estimate of drug-likeness (QED) is 0.728. The topological polar surface area (TPSA) is 84.5 Å². The van der Waals surface area contributed by atoms with Gasteiger partial charge in [0.25, 0.3) is 5.91 Å². The van der Waals surface area contributed by atoms with Crippen LogP contribution in [0.15, 0.2) is 30.3 Å². The number of benzene rings is 1. The molecule has 1 aromatic rings. The largest absolute Gasteiger partial charge is 0.451 e. The van der Waals surface area contributed by atoms with Crippen LogP contribution >= 0.6 is 0 Å². The highest BCUT2D eigenvalue weighted by Gasteiger charge is 2.26. The van der Waals surface area contributed by atoms with Crippen LogP contribution in [0, 0.1) is 5.92 Å². The van der Waals surface area contributed by atoms with Crippen molar-refractivity contribution >= 4 is 17.8 Å². The molecule has 1 aliphatic rings. The molecule has 0 bridgehead atoms. The zero-order valence-corrected chi connectivity index (χ0v) is 15.5. The Bertz CT molecular complexity index is 617. The lowest BCUT2D eigenvalue weighted by molar-refractivity contribution is -0.154. The van der Waals surface area contributed by atoms with Gasteiger partial charge in [-0.05, 0) is 31.2 Å². The summed E-state index contributed by atoms with van der Waals surface area (Å²) in [5, 5.41) is 5.49. The minimum atomic E-state index is -0.873. The fourth-order valence-electron chi connectivity index (χ4n) is 3.14. The van der Waals surface area contributed by atoms with Crippen LogP contribution in [0.4, 0.5) is 0 Å². The molecule has 1 saturated carbocycles. The number of carbonyl (C=O) groups excluding carboxylic acids is 3. The highest BCUT2D eigenvalue weighted by molar-refractivity contribution is 5.86. The van der Waals surface area contributed by atoms with Crippen molar-refractivity contribution in [2.45, 2.75) is 58.1 Å². The number of carbonyl (C=O) groups is 3. The zero-order valence-electron chi connectivity index (χ0n) is 15.5. The summed E-state index contributed by atoms with van der Waals surface area (Å²) in [4.78, 5) is 35.9. The maximum Gasteiger partial charge on any atom is 0.326 e. The number of hydrogen-bond acceptors (Lipinski definition) is 4.